The Kier molecular flexibility index (Phi) is 4.36. The molecule has 0 bridgehead atoms. The molecule has 1 aliphatic heterocycles. The molecule has 1 aromatic carbocycles. The summed E-state index contributed by atoms with van der Waals surface area (Å²) in [6, 6.07) is 12.8. The predicted molar refractivity (Wildman–Crippen MR) is 85.2 cm³/mol. The standard InChI is InChI=1S/C17H24N4/c1-14(18)15-8-11-20(12-9-15)13-17-7-10-19-21(17)16-5-3-2-4-6-16/h2-7,10,14-15H,8-9,11-13,18H2,1H3. The number of rotatable bonds is 4. The van der Waals surface area contributed by atoms with Crippen LogP contribution in [0.25, 0.3) is 5.69 Å². The lowest BCUT2D eigenvalue weighted by Gasteiger charge is -2.33. The van der Waals surface area contributed by atoms with Gasteiger partial charge in [-0.2, -0.15) is 5.10 Å². The predicted octanol–water partition coefficient (Wildman–Crippen LogP) is 2.43. The van der Waals surface area contributed by atoms with Crippen molar-refractivity contribution in [1.29, 1.82) is 0 Å². The van der Waals surface area contributed by atoms with E-state index in [-0.39, 0.29) is 0 Å². The van der Waals surface area contributed by atoms with Crippen molar-refractivity contribution < 1.29 is 0 Å². The van der Waals surface area contributed by atoms with E-state index in [1.165, 1.54) is 18.5 Å². The largest absolute Gasteiger partial charge is 0.328 e. The van der Waals surface area contributed by atoms with Crippen LogP contribution in [0, 0.1) is 5.92 Å². The fraction of sp³-hybridized carbons (Fsp3) is 0.471. The van der Waals surface area contributed by atoms with Gasteiger partial charge in [0, 0.05) is 18.8 Å². The average Bonchev–Trinajstić information content (AvgIpc) is 2.97. The molecule has 0 amide bonds. The van der Waals surface area contributed by atoms with Gasteiger partial charge in [-0.1, -0.05) is 18.2 Å². The van der Waals surface area contributed by atoms with Crippen LogP contribution in [0.3, 0.4) is 0 Å². The van der Waals surface area contributed by atoms with Gasteiger partial charge in [0.2, 0.25) is 0 Å². The maximum absolute atomic E-state index is 6.02. The molecule has 4 heteroatoms. The van der Waals surface area contributed by atoms with Crippen molar-refractivity contribution >= 4 is 0 Å². The monoisotopic (exact) mass is 284 g/mol. The first-order chi connectivity index (χ1) is 10.2. The minimum Gasteiger partial charge on any atom is -0.328 e. The third kappa shape index (κ3) is 3.34. The van der Waals surface area contributed by atoms with Crippen LogP contribution in [0.1, 0.15) is 25.5 Å². The van der Waals surface area contributed by atoms with Crippen molar-refractivity contribution in [2.75, 3.05) is 13.1 Å². The Labute approximate surface area is 126 Å². The molecule has 0 spiro atoms. The van der Waals surface area contributed by atoms with E-state index in [1.807, 2.05) is 16.9 Å². The Morgan fingerprint density at radius 1 is 1.19 bits per heavy atom. The molecule has 0 aliphatic carbocycles. The summed E-state index contributed by atoms with van der Waals surface area (Å²) < 4.78 is 2.04. The second kappa shape index (κ2) is 6.41. The quantitative estimate of drug-likeness (QED) is 0.938. The fourth-order valence-corrected chi connectivity index (χ4v) is 3.12. The highest BCUT2D eigenvalue weighted by Crippen LogP contribution is 2.21. The number of hydrogen-bond acceptors (Lipinski definition) is 3. The second-order valence-electron chi connectivity index (χ2n) is 6.04. The summed E-state index contributed by atoms with van der Waals surface area (Å²) in [5.74, 6) is 0.681. The summed E-state index contributed by atoms with van der Waals surface area (Å²) in [5, 5.41) is 4.47. The summed E-state index contributed by atoms with van der Waals surface area (Å²) in [5.41, 5.74) is 8.39. The van der Waals surface area contributed by atoms with Gasteiger partial charge in [0.05, 0.1) is 11.4 Å². The van der Waals surface area contributed by atoms with Crippen LogP contribution in [0.4, 0.5) is 0 Å². The number of benzene rings is 1. The summed E-state index contributed by atoms with van der Waals surface area (Å²) in [4.78, 5) is 2.51. The van der Waals surface area contributed by atoms with E-state index in [9.17, 15) is 0 Å². The normalized spacial score (nSPS) is 18.8. The summed E-state index contributed by atoms with van der Waals surface area (Å²) in [7, 11) is 0. The van der Waals surface area contributed by atoms with Gasteiger partial charge in [-0.3, -0.25) is 4.90 Å². The van der Waals surface area contributed by atoms with E-state index in [2.05, 4.69) is 47.3 Å². The zero-order chi connectivity index (χ0) is 14.7. The molecular weight excluding hydrogens is 260 g/mol. The highest BCUT2D eigenvalue weighted by molar-refractivity contribution is 5.32. The number of likely N-dealkylation sites (tertiary alicyclic amines) is 1. The van der Waals surface area contributed by atoms with Crippen LogP contribution in [0.5, 0.6) is 0 Å². The van der Waals surface area contributed by atoms with Crippen molar-refractivity contribution in [3.05, 3.63) is 48.3 Å². The Balaban J connectivity index is 1.66. The Bertz CT molecular complexity index is 553. The van der Waals surface area contributed by atoms with Crippen molar-refractivity contribution in [1.82, 2.24) is 14.7 Å². The van der Waals surface area contributed by atoms with Gasteiger partial charge >= 0.3 is 0 Å². The number of nitrogens with zero attached hydrogens (tertiary/aromatic N) is 3. The average molecular weight is 284 g/mol. The molecule has 1 fully saturated rings. The van der Waals surface area contributed by atoms with Crippen molar-refractivity contribution in [3.8, 4) is 5.69 Å². The van der Waals surface area contributed by atoms with Crippen LogP contribution in [-0.4, -0.2) is 33.8 Å². The molecule has 1 aromatic heterocycles. The van der Waals surface area contributed by atoms with Crippen LogP contribution in [0.15, 0.2) is 42.6 Å². The molecule has 1 saturated heterocycles. The van der Waals surface area contributed by atoms with Crippen LogP contribution < -0.4 is 5.73 Å². The van der Waals surface area contributed by atoms with Gasteiger partial charge in [-0.25, -0.2) is 4.68 Å². The molecule has 3 rings (SSSR count). The SMILES string of the molecule is CC(N)C1CCN(Cc2ccnn2-c2ccccc2)CC1. The lowest BCUT2D eigenvalue weighted by molar-refractivity contribution is 0.163. The lowest BCUT2D eigenvalue weighted by atomic mass is 9.91. The number of aromatic nitrogens is 2. The Morgan fingerprint density at radius 3 is 2.57 bits per heavy atom. The first-order valence-electron chi connectivity index (χ1n) is 7.80. The highest BCUT2D eigenvalue weighted by Gasteiger charge is 2.22. The summed E-state index contributed by atoms with van der Waals surface area (Å²) in [6.45, 7) is 5.35. The molecule has 0 radical (unpaired) electrons. The van der Waals surface area contributed by atoms with E-state index in [4.69, 9.17) is 5.73 Å². The minimum atomic E-state index is 0.321. The summed E-state index contributed by atoms with van der Waals surface area (Å²) in [6.07, 6.45) is 4.30. The number of para-hydroxylation sites is 1. The van der Waals surface area contributed by atoms with Crippen molar-refractivity contribution in [2.45, 2.75) is 32.4 Å². The molecule has 0 saturated carbocycles. The van der Waals surface area contributed by atoms with Crippen LogP contribution in [-0.2, 0) is 6.54 Å². The topological polar surface area (TPSA) is 47.1 Å². The molecule has 4 nitrogen and oxygen atoms in total. The van der Waals surface area contributed by atoms with E-state index in [0.717, 1.165) is 25.3 Å². The Morgan fingerprint density at radius 2 is 1.90 bits per heavy atom. The molecular formula is C17H24N4. The number of piperidine rings is 1. The Hall–Kier alpha value is -1.65. The molecule has 2 N–H and O–H groups in total. The number of nitrogens with two attached hydrogens (primary N) is 1. The maximum atomic E-state index is 6.02. The second-order valence-corrected chi connectivity index (χ2v) is 6.04. The molecule has 1 aliphatic rings. The van der Waals surface area contributed by atoms with Gasteiger partial charge < -0.3 is 5.73 Å². The lowest BCUT2D eigenvalue weighted by Crippen LogP contribution is -2.39. The van der Waals surface area contributed by atoms with Gasteiger partial charge in [-0.15, -0.1) is 0 Å². The van der Waals surface area contributed by atoms with E-state index in [0.29, 0.717) is 12.0 Å². The van der Waals surface area contributed by atoms with Gasteiger partial charge in [0.15, 0.2) is 0 Å². The third-order valence-corrected chi connectivity index (χ3v) is 4.48. The van der Waals surface area contributed by atoms with Crippen LogP contribution in [0.2, 0.25) is 0 Å². The molecule has 1 atom stereocenters. The van der Waals surface area contributed by atoms with Crippen molar-refractivity contribution in [3.63, 3.8) is 0 Å². The molecule has 1 unspecified atom stereocenters. The summed E-state index contributed by atoms with van der Waals surface area (Å²) >= 11 is 0. The van der Waals surface area contributed by atoms with Crippen molar-refractivity contribution in [2.24, 2.45) is 11.7 Å². The van der Waals surface area contributed by atoms with E-state index in [1.54, 1.807) is 0 Å². The molecule has 2 aromatic rings. The minimum absolute atomic E-state index is 0.321. The maximum Gasteiger partial charge on any atom is 0.0649 e. The molecule has 112 valence electrons. The highest BCUT2D eigenvalue weighted by atomic mass is 15.3. The first-order valence-corrected chi connectivity index (χ1v) is 7.80. The van der Waals surface area contributed by atoms with E-state index >= 15 is 0 Å². The fourth-order valence-electron chi connectivity index (χ4n) is 3.12. The third-order valence-electron chi connectivity index (χ3n) is 4.48. The number of hydrogen-bond donors (Lipinski definition) is 1. The van der Waals surface area contributed by atoms with Gasteiger partial charge in [0.25, 0.3) is 0 Å². The zero-order valence-electron chi connectivity index (χ0n) is 12.7. The van der Waals surface area contributed by atoms with E-state index < -0.39 is 0 Å². The molecule has 21 heavy (non-hydrogen) atoms. The zero-order valence-corrected chi connectivity index (χ0v) is 12.7. The van der Waals surface area contributed by atoms with Gasteiger partial charge in [0.1, 0.15) is 0 Å². The van der Waals surface area contributed by atoms with Crippen LogP contribution >= 0.6 is 0 Å². The first kappa shape index (κ1) is 14.3. The van der Waals surface area contributed by atoms with Gasteiger partial charge in [-0.05, 0) is 57.0 Å². The molecule has 2 heterocycles. The smallest absolute Gasteiger partial charge is 0.0649 e.